The molecule has 0 fully saturated rings. The van der Waals surface area contributed by atoms with Gasteiger partial charge in [0.1, 0.15) is 5.69 Å². The molecule has 0 saturated heterocycles. The Balaban J connectivity index is 1.93. The van der Waals surface area contributed by atoms with Crippen LogP contribution in [0.1, 0.15) is 41.2 Å². The lowest BCUT2D eigenvalue weighted by Crippen LogP contribution is -2.11. The van der Waals surface area contributed by atoms with Gasteiger partial charge in [0.15, 0.2) is 6.29 Å². The largest absolute Gasteiger partial charge is 0.416 e. The minimum atomic E-state index is -5.05. The van der Waals surface area contributed by atoms with Gasteiger partial charge >= 0.3 is 12.4 Å². The van der Waals surface area contributed by atoms with E-state index in [1.54, 1.807) is 18.2 Å². The quantitative estimate of drug-likeness (QED) is 0.122. The van der Waals surface area contributed by atoms with Crippen LogP contribution in [0.25, 0.3) is 27.5 Å². The maximum atomic E-state index is 13.5. The topological polar surface area (TPSA) is 47.8 Å². The van der Waals surface area contributed by atoms with Crippen molar-refractivity contribution in [2.75, 3.05) is 0 Å². The van der Waals surface area contributed by atoms with E-state index in [-0.39, 0.29) is 33.4 Å². The lowest BCUT2D eigenvalue weighted by Gasteiger charge is -2.14. The second-order valence-corrected chi connectivity index (χ2v) is 12.2. The summed E-state index contributed by atoms with van der Waals surface area (Å²) in [7, 11) is 0. The predicted octanol–water partition coefficient (Wildman–Crippen LogP) is 9.63. The fourth-order valence-corrected chi connectivity index (χ4v) is 6.54. The molecule has 206 valence electrons. The van der Waals surface area contributed by atoms with Crippen LogP contribution in [0, 0.1) is 6.92 Å². The van der Waals surface area contributed by atoms with Gasteiger partial charge in [-0.3, -0.25) is 4.79 Å². The standard InChI is InChI=1S/C25H17Cl2F6N3OS2/c1-11(2)38-22-21(13-4-5-17(26)18(27)8-13)34-23(39-22)36-19(10-37)20(12(3)35-36)14-6-15(24(28,29)30)9-16(7-14)25(31,32)33/h4-11H,1-3H3. The molecule has 0 bridgehead atoms. The molecule has 2 aromatic heterocycles. The van der Waals surface area contributed by atoms with Gasteiger partial charge in [-0.15, -0.1) is 11.8 Å². The highest BCUT2D eigenvalue weighted by molar-refractivity contribution is 8.01. The van der Waals surface area contributed by atoms with E-state index in [1.807, 2.05) is 13.8 Å². The molecule has 0 saturated carbocycles. The van der Waals surface area contributed by atoms with Gasteiger partial charge in [-0.1, -0.05) is 54.5 Å². The Bertz CT molecular complexity index is 1530. The Labute approximate surface area is 237 Å². The first kappa shape index (κ1) is 29.4. The number of nitrogens with zero attached hydrogens (tertiary/aromatic N) is 3. The van der Waals surface area contributed by atoms with Crippen molar-refractivity contribution in [2.24, 2.45) is 0 Å². The monoisotopic (exact) mass is 623 g/mol. The highest BCUT2D eigenvalue weighted by Crippen LogP contribution is 2.43. The summed E-state index contributed by atoms with van der Waals surface area (Å²) in [5.41, 5.74) is -2.65. The smallest absolute Gasteiger partial charge is 0.296 e. The molecule has 0 unspecified atom stereocenters. The lowest BCUT2D eigenvalue weighted by atomic mass is 9.97. The van der Waals surface area contributed by atoms with Crippen LogP contribution in [0.15, 0.2) is 40.6 Å². The van der Waals surface area contributed by atoms with Crippen LogP contribution in [0.3, 0.4) is 0 Å². The van der Waals surface area contributed by atoms with Crippen molar-refractivity contribution in [3.05, 3.63) is 69.0 Å². The summed E-state index contributed by atoms with van der Waals surface area (Å²) in [5, 5.41) is 5.24. The van der Waals surface area contributed by atoms with Crippen LogP contribution in [-0.2, 0) is 12.4 Å². The molecule has 0 spiro atoms. The molecule has 4 rings (SSSR count). The van der Waals surface area contributed by atoms with Crippen molar-refractivity contribution in [3.8, 4) is 27.5 Å². The Hall–Kier alpha value is -2.54. The number of hydrogen-bond donors (Lipinski definition) is 0. The molecule has 0 radical (unpaired) electrons. The Morgan fingerprint density at radius 3 is 2.08 bits per heavy atom. The zero-order valence-corrected chi connectivity index (χ0v) is 23.4. The molecular weight excluding hydrogens is 607 g/mol. The van der Waals surface area contributed by atoms with E-state index in [1.165, 1.54) is 18.7 Å². The molecule has 0 aliphatic heterocycles. The third-order valence-electron chi connectivity index (χ3n) is 5.39. The van der Waals surface area contributed by atoms with Crippen molar-refractivity contribution in [3.63, 3.8) is 0 Å². The summed E-state index contributed by atoms with van der Waals surface area (Å²) < 4.78 is 82.8. The first-order chi connectivity index (χ1) is 18.1. The predicted molar refractivity (Wildman–Crippen MR) is 141 cm³/mol. The van der Waals surface area contributed by atoms with Gasteiger partial charge in [-0.05, 0) is 42.8 Å². The molecule has 2 aromatic carbocycles. The van der Waals surface area contributed by atoms with Gasteiger partial charge < -0.3 is 0 Å². The van der Waals surface area contributed by atoms with Crippen molar-refractivity contribution in [2.45, 2.75) is 42.6 Å². The van der Waals surface area contributed by atoms with E-state index in [2.05, 4.69) is 10.1 Å². The third kappa shape index (κ3) is 6.13. The fourth-order valence-electron chi connectivity index (χ4n) is 3.76. The molecule has 14 heteroatoms. The maximum absolute atomic E-state index is 13.5. The highest BCUT2D eigenvalue weighted by Gasteiger charge is 2.37. The van der Waals surface area contributed by atoms with Crippen molar-refractivity contribution >= 4 is 52.6 Å². The number of aromatic nitrogens is 3. The van der Waals surface area contributed by atoms with Gasteiger partial charge in [0.25, 0.3) is 0 Å². The Kier molecular flexibility index (Phi) is 8.15. The number of alkyl halides is 6. The van der Waals surface area contributed by atoms with E-state index in [0.717, 1.165) is 20.2 Å². The number of thiazole rings is 1. The molecule has 4 nitrogen and oxygen atoms in total. The van der Waals surface area contributed by atoms with Crippen molar-refractivity contribution < 1.29 is 31.1 Å². The van der Waals surface area contributed by atoms with Crippen molar-refractivity contribution in [1.29, 1.82) is 0 Å². The molecule has 0 aliphatic carbocycles. The van der Waals surface area contributed by atoms with Crippen LogP contribution in [0.5, 0.6) is 0 Å². The minimum Gasteiger partial charge on any atom is -0.296 e. The van der Waals surface area contributed by atoms with Crippen LogP contribution >= 0.6 is 46.3 Å². The van der Waals surface area contributed by atoms with E-state index in [9.17, 15) is 31.1 Å². The number of carbonyl (C=O) groups is 1. The van der Waals surface area contributed by atoms with Crippen LogP contribution in [0.4, 0.5) is 26.3 Å². The lowest BCUT2D eigenvalue weighted by molar-refractivity contribution is -0.143. The van der Waals surface area contributed by atoms with Crippen LogP contribution in [-0.4, -0.2) is 26.3 Å². The average Bonchev–Trinajstić information content (AvgIpc) is 3.39. The maximum Gasteiger partial charge on any atom is 0.416 e. The van der Waals surface area contributed by atoms with Gasteiger partial charge in [-0.2, -0.15) is 31.4 Å². The average molecular weight is 624 g/mol. The summed E-state index contributed by atoms with van der Waals surface area (Å²) in [6, 6.07) is 6.09. The van der Waals surface area contributed by atoms with Gasteiger partial charge in [0.2, 0.25) is 5.13 Å². The zero-order chi connectivity index (χ0) is 28.9. The molecule has 0 amide bonds. The fraction of sp³-hybridized carbons (Fsp3) is 0.240. The zero-order valence-electron chi connectivity index (χ0n) is 20.2. The number of hydrogen-bond acceptors (Lipinski definition) is 5. The number of carbonyl (C=O) groups excluding carboxylic acids is 1. The van der Waals surface area contributed by atoms with Gasteiger partial charge in [-0.25, -0.2) is 9.67 Å². The molecule has 2 heterocycles. The van der Waals surface area contributed by atoms with Gasteiger partial charge in [0, 0.05) is 16.4 Å². The number of aryl methyl sites for hydroxylation is 1. The number of thioether (sulfide) groups is 1. The molecular formula is C25H17Cl2F6N3OS2. The van der Waals surface area contributed by atoms with E-state index >= 15 is 0 Å². The molecule has 0 N–H and O–H groups in total. The Morgan fingerprint density at radius 1 is 0.949 bits per heavy atom. The number of benzene rings is 2. The summed E-state index contributed by atoms with van der Waals surface area (Å²) >= 11 is 14.9. The van der Waals surface area contributed by atoms with E-state index in [4.69, 9.17) is 23.2 Å². The molecule has 4 aromatic rings. The second-order valence-electron chi connectivity index (χ2n) is 8.60. The van der Waals surface area contributed by atoms with E-state index in [0.29, 0.717) is 39.7 Å². The SMILES string of the molecule is Cc1nn(-c2nc(-c3ccc(Cl)c(Cl)c3)c(SC(C)C)s2)c(C=O)c1-c1cc(C(F)(F)F)cc(C(F)(F)F)c1. The van der Waals surface area contributed by atoms with Gasteiger partial charge in [0.05, 0.1) is 36.8 Å². The Morgan fingerprint density at radius 2 is 1.56 bits per heavy atom. The van der Waals surface area contributed by atoms with E-state index < -0.39 is 29.0 Å². The highest BCUT2D eigenvalue weighted by atomic mass is 35.5. The normalized spacial score (nSPS) is 12.4. The number of aldehydes is 1. The minimum absolute atomic E-state index is 0.0314. The second kappa shape index (κ2) is 10.8. The first-order valence-electron chi connectivity index (χ1n) is 11.1. The third-order valence-corrected chi connectivity index (χ3v) is 8.37. The van der Waals surface area contributed by atoms with Crippen molar-refractivity contribution in [1.82, 2.24) is 14.8 Å². The molecule has 0 aliphatic rings. The number of rotatable bonds is 6. The summed E-state index contributed by atoms with van der Waals surface area (Å²) in [6.45, 7) is 5.31. The summed E-state index contributed by atoms with van der Waals surface area (Å²) in [6.07, 6.45) is -9.76. The molecule has 0 atom stereocenters. The summed E-state index contributed by atoms with van der Waals surface area (Å²) in [5.74, 6) is 0. The first-order valence-corrected chi connectivity index (χ1v) is 13.5. The summed E-state index contributed by atoms with van der Waals surface area (Å²) in [4.78, 5) is 16.9. The van der Waals surface area contributed by atoms with Crippen LogP contribution < -0.4 is 0 Å². The van der Waals surface area contributed by atoms with Crippen LogP contribution in [0.2, 0.25) is 10.0 Å². The number of halogens is 8. The molecule has 39 heavy (non-hydrogen) atoms.